The number of thiazole rings is 1. The molecule has 25 heavy (non-hydrogen) atoms. The third kappa shape index (κ3) is 6.93. The zero-order valence-electron chi connectivity index (χ0n) is 14.5. The van der Waals surface area contributed by atoms with E-state index < -0.39 is 0 Å². The number of aromatic nitrogens is 1. The summed E-state index contributed by atoms with van der Waals surface area (Å²) in [7, 11) is 1.63. The molecule has 0 unspecified atom stereocenters. The molecule has 3 N–H and O–H groups in total. The van der Waals surface area contributed by atoms with Crippen LogP contribution in [0.5, 0.6) is 0 Å². The van der Waals surface area contributed by atoms with Crippen LogP contribution < -0.4 is 16.2 Å². The minimum absolute atomic E-state index is 0.0761. The first-order valence-electron chi connectivity index (χ1n) is 8.27. The molecule has 1 amide bonds. The van der Waals surface area contributed by atoms with Crippen LogP contribution in [0, 0.1) is 0 Å². The molecule has 8 heteroatoms. The van der Waals surface area contributed by atoms with Crippen molar-refractivity contribution >= 4 is 44.8 Å². The quantitative estimate of drug-likeness (QED) is 0.371. The number of rotatable bonds is 8. The predicted octanol–water partition coefficient (Wildman–Crippen LogP) is 2.54. The number of amides is 1. The molecule has 2 aromatic rings. The van der Waals surface area contributed by atoms with Crippen LogP contribution in [0.3, 0.4) is 0 Å². The Labute approximate surface area is 157 Å². The van der Waals surface area contributed by atoms with Gasteiger partial charge in [0.1, 0.15) is 0 Å². The summed E-state index contributed by atoms with van der Waals surface area (Å²) in [6, 6.07) is 8.21. The molecule has 1 aromatic carbocycles. The second-order valence-electron chi connectivity index (χ2n) is 5.79. The van der Waals surface area contributed by atoms with Gasteiger partial charge in [-0.3, -0.25) is 15.6 Å². The van der Waals surface area contributed by atoms with Gasteiger partial charge < -0.3 is 10.1 Å². The number of fused-ring (bicyclic) bond motifs is 1. The highest BCUT2D eigenvalue weighted by Gasteiger charge is 2.06. The van der Waals surface area contributed by atoms with Crippen molar-refractivity contribution in [3.8, 4) is 0 Å². The molecule has 0 aliphatic heterocycles. The average molecular weight is 381 g/mol. The summed E-state index contributed by atoms with van der Waals surface area (Å²) in [5, 5.41) is 4.52. The van der Waals surface area contributed by atoms with Crippen LogP contribution in [-0.4, -0.2) is 35.8 Å². The Bertz CT molecular complexity index is 672. The third-order valence-corrected chi connectivity index (χ3v) is 4.81. The average Bonchev–Trinajstić information content (AvgIpc) is 3.00. The second-order valence-corrected chi connectivity index (χ2v) is 7.31. The zero-order chi connectivity index (χ0) is 18.1. The Morgan fingerprint density at radius 3 is 2.88 bits per heavy atom. The molecule has 2 rings (SSSR count). The monoisotopic (exact) mass is 380 g/mol. The Kier molecular flexibility index (Phi) is 8.03. The molecular weight excluding hydrogens is 356 g/mol. The van der Waals surface area contributed by atoms with Gasteiger partial charge in [-0.25, -0.2) is 4.98 Å². The number of para-hydroxylation sites is 1. The standard InChI is InChI=1S/C17H24N4O2S2/c1-12(11-23-2)18-17(24)21-20-15(22)9-5-6-10-16-19-13-7-3-4-8-14(13)25-16/h3-4,7-8,12H,5-6,9-11H2,1-2H3,(H,20,22)(H2,18,21,24)/t12-/m0/s1. The van der Waals surface area contributed by atoms with Crippen molar-refractivity contribution in [3.05, 3.63) is 29.3 Å². The maximum Gasteiger partial charge on any atom is 0.238 e. The van der Waals surface area contributed by atoms with E-state index in [-0.39, 0.29) is 11.9 Å². The Morgan fingerprint density at radius 2 is 2.12 bits per heavy atom. The fraction of sp³-hybridized carbons (Fsp3) is 0.471. The molecule has 1 atom stereocenters. The van der Waals surface area contributed by atoms with Crippen molar-refractivity contribution in [3.63, 3.8) is 0 Å². The van der Waals surface area contributed by atoms with Crippen LogP contribution in [0.2, 0.25) is 0 Å². The number of carbonyl (C=O) groups excluding carboxylic acids is 1. The molecule has 0 spiro atoms. The van der Waals surface area contributed by atoms with Gasteiger partial charge in [-0.05, 0) is 50.5 Å². The van der Waals surface area contributed by atoms with E-state index in [1.54, 1.807) is 18.4 Å². The second kappa shape index (κ2) is 10.3. The molecule has 0 aliphatic rings. The van der Waals surface area contributed by atoms with Crippen molar-refractivity contribution in [2.45, 2.75) is 38.6 Å². The molecular formula is C17H24N4O2S2. The van der Waals surface area contributed by atoms with Crippen molar-refractivity contribution in [1.29, 1.82) is 0 Å². The lowest BCUT2D eigenvalue weighted by molar-refractivity contribution is -0.121. The summed E-state index contributed by atoms with van der Waals surface area (Å²) >= 11 is 6.81. The summed E-state index contributed by atoms with van der Waals surface area (Å²) in [6.07, 6.45) is 3.09. The van der Waals surface area contributed by atoms with Gasteiger partial charge in [0, 0.05) is 19.6 Å². The van der Waals surface area contributed by atoms with Gasteiger partial charge in [0.15, 0.2) is 5.11 Å². The summed E-state index contributed by atoms with van der Waals surface area (Å²) in [4.78, 5) is 16.4. The van der Waals surface area contributed by atoms with E-state index in [1.807, 2.05) is 25.1 Å². The van der Waals surface area contributed by atoms with Gasteiger partial charge in [-0.1, -0.05) is 12.1 Å². The zero-order valence-corrected chi connectivity index (χ0v) is 16.1. The fourth-order valence-electron chi connectivity index (χ4n) is 2.33. The van der Waals surface area contributed by atoms with E-state index in [2.05, 4.69) is 27.2 Å². The van der Waals surface area contributed by atoms with Crippen molar-refractivity contribution in [2.75, 3.05) is 13.7 Å². The number of nitrogens with one attached hydrogen (secondary N) is 3. The number of aryl methyl sites for hydroxylation is 1. The number of hydrazine groups is 1. The number of benzene rings is 1. The van der Waals surface area contributed by atoms with Crippen LogP contribution in [0.1, 0.15) is 31.2 Å². The van der Waals surface area contributed by atoms with Gasteiger partial charge in [-0.15, -0.1) is 11.3 Å². The van der Waals surface area contributed by atoms with Crippen molar-refractivity contribution in [1.82, 2.24) is 21.2 Å². The molecule has 136 valence electrons. The minimum Gasteiger partial charge on any atom is -0.383 e. The van der Waals surface area contributed by atoms with E-state index in [4.69, 9.17) is 17.0 Å². The maximum absolute atomic E-state index is 11.8. The first kappa shape index (κ1) is 19.6. The summed E-state index contributed by atoms with van der Waals surface area (Å²) in [6.45, 7) is 2.49. The summed E-state index contributed by atoms with van der Waals surface area (Å²) < 4.78 is 6.22. The summed E-state index contributed by atoms with van der Waals surface area (Å²) in [5.41, 5.74) is 6.36. The largest absolute Gasteiger partial charge is 0.383 e. The van der Waals surface area contributed by atoms with E-state index in [1.165, 1.54) is 4.70 Å². The van der Waals surface area contributed by atoms with E-state index in [0.29, 0.717) is 18.1 Å². The van der Waals surface area contributed by atoms with Crippen LogP contribution in [0.15, 0.2) is 24.3 Å². The lowest BCUT2D eigenvalue weighted by atomic mass is 10.2. The number of unbranched alkanes of at least 4 members (excludes halogenated alkanes) is 1. The first-order chi connectivity index (χ1) is 12.1. The normalized spacial score (nSPS) is 11.9. The summed E-state index contributed by atoms with van der Waals surface area (Å²) in [5.74, 6) is -0.0761. The molecule has 0 saturated heterocycles. The van der Waals surface area contributed by atoms with Gasteiger partial charge >= 0.3 is 0 Å². The smallest absolute Gasteiger partial charge is 0.238 e. The van der Waals surface area contributed by atoms with Crippen molar-refractivity contribution < 1.29 is 9.53 Å². The van der Waals surface area contributed by atoms with Crippen LogP contribution >= 0.6 is 23.6 Å². The van der Waals surface area contributed by atoms with Crippen LogP contribution in [-0.2, 0) is 16.0 Å². The Balaban J connectivity index is 1.59. The third-order valence-electron chi connectivity index (χ3n) is 3.49. The van der Waals surface area contributed by atoms with E-state index in [0.717, 1.165) is 29.8 Å². The number of ether oxygens (including phenoxy) is 1. The molecule has 0 bridgehead atoms. The van der Waals surface area contributed by atoms with Crippen LogP contribution in [0.25, 0.3) is 10.2 Å². The number of methoxy groups -OCH3 is 1. The minimum atomic E-state index is -0.0761. The number of hydrogen-bond donors (Lipinski definition) is 3. The highest BCUT2D eigenvalue weighted by atomic mass is 32.1. The topological polar surface area (TPSA) is 75.3 Å². The molecule has 0 fully saturated rings. The SMILES string of the molecule is COC[C@H](C)NC(=S)NNC(=O)CCCCc1nc2ccccc2s1. The Morgan fingerprint density at radius 1 is 1.32 bits per heavy atom. The first-order valence-corrected chi connectivity index (χ1v) is 9.49. The van der Waals surface area contributed by atoms with E-state index >= 15 is 0 Å². The molecule has 0 radical (unpaired) electrons. The number of thiocarbonyl (C=S) groups is 1. The Hall–Kier alpha value is -1.77. The fourth-order valence-corrected chi connectivity index (χ4v) is 3.59. The molecule has 6 nitrogen and oxygen atoms in total. The van der Waals surface area contributed by atoms with Crippen molar-refractivity contribution in [2.24, 2.45) is 0 Å². The molecule has 1 aromatic heterocycles. The predicted molar refractivity (Wildman–Crippen MR) is 106 cm³/mol. The number of hydrogen-bond acceptors (Lipinski definition) is 5. The van der Waals surface area contributed by atoms with Crippen LogP contribution in [0.4, 0.5) is 0 Å². The lowest BCUT2D eigenvalue weighted by Gasteiger charge is -2.16. The van der Waals surface area contributed by atoms with E-state index in [9.17, 15) is 4.79 Å². The van der Waals surface area contributed by atoms with Gasteiger partial charge in [0.25, 0.3) is 0 Å². The molecule has 0 aliphatic carbocycles. The number of nitrogens with zero attached hydrogens (tertiary/aromatic N) is 1. The highest BCUT2D eigenvalue weighted by molar-refractivity contribution is 7.80. The highest BCUT2D eigenvalue weighted by Crippen LogP contribution is 2.22. The number of carbonyl (C=O) groups is 1. The van der Waals surface area contributed by atoms with Gasteiger partial charge in [0.05, 0.1) is 21.8 Å². The molecule has 0 saturated carbocycles. The lowest BCUT2D eigenvalue weighted by Crippen LogP contribution is -2.49. The van der Waals surface area contributed by atoms with Gasteiger partial charge in [0.2, 0.25) is 5.91 Å². The maximum atomic E-state index is 11.8. The molecule has 1 heterocycles. The van der Waals surface area contributed by atoms with Gasteiger partial charge in [-0.2, -0.15) is 0 Å².